The lowest BCUT2D eigenvalue weighted by Gasteiger charge is -1.99. The summed E-state index contributed by atoms with van der Waals surface area (Å²) in [6.07, 6.45) is 1.42. The summed E-state index contributed by atoms with van der Waals surface area (Å²) in [5.74, 6) is 0.0192. The first kappa shape index (κ1) is 10.5. The van der Waals surface area contributed by atoms with Gasteiger partial charge in [-0.15, -0.1) is 11.3 Å². The van der Waals surface area contributed by atoms with E-state index in [2.05, 4.69) is 28.5 Å². The Hall–Kier alpha value is -1.68. The molecule has 0 saturated carbocycles. The highest BCUT2D eigenvalue weighted by Gasteiger charge is 2.22. The molecule has 3 rings (SSSR count). The molecule has 0 spiro atoms. The van der Waals surface area contributed by atoms with Crippen LogP contribution in [0.15, 0.2) is 24.3 Å². The molecule has 17 heavy (non-hydrogen) atoms. The van der Waals surface area contributed by atoms with Gasteiger partial charge < -0.3 is 5.32 Å². The minimum absolute atomic E-state index is 0.0192. The summed E-state index contributed by atoms with van der Waals surface area (Å²) in [5.41, 5.74) is 3.57. The molecule has 1 N–H and O–H groups in total. The van der Waals surface area contributed by atoms with Gasteiger partial charge in [0.25, 0.3) is 0 Å². The van der Waals surface area contributed by atoms with Crippen molar-refractivity contribution in [3.05, 3.63) is 34.7 Å². The summed E-state index contributed by atoms with van der Waals surface area (Å²) in [6.45, 7) is 1.84. The topological polar surface area (TPSA) is 42.0 Å². The third-order valence-electron chi connectivity index (χ3n) is 2.89. The monoisotopic (exact) mass is 244 g/mol. The van der Waals surface area contributed by atoms with Crippen molar-refractivity contribution in [2.24, 2.45) is 0 Å². The number of fused-ring (bicyclic) bond motifs is 3. The predicted octanol–water partition coefficient (Wildman–Crippen LogP) is 3.06. The van der Waals surface area contributed by atoms with Gasteiger partial charge in [0.2, 0.25) is 5.91 Å². The normalized spacial score (nSPS) is 12.1. The Kier molecular flexibility index (Phi) is 2.44. The summed E-state index contributed by atoms with van der Waals surface area (Å²) in [4.78, 5) is 17.1. The number of aromatic nitrogens is 1. The van der Waals surface area contributed by atoms with E-state index < -0.39 is 0 Å². The molecule has 2 aromatic rings. The standard InChI is InChI=1S/C13H12N2OS/c1-2-11(16)14-13-15-12-9-6-4-3-5-8(9)7-10(12)17-13/h3-6H,2,7H2,1H3,(H,14,15,16). The third kappa shape index (κ3) is 1.74. The van der Waals surface area contributed by atoms with E-state index in [4.69, 9.17) is 0 Å². The van der Waals surface area contributed by atoms with E-state index in [0.29, 0.717) is 6.42 Å². The molecule has 1 aromatic carbocycles. The van der Waals surface area contributed by atoms with Crippen LogP contribution in [0.3, 0.4) is 0 Å². The van der Waals surface area contributed by atoms with Crippen LogP contribution < -0.4 is 5.32 Å². The van der Waals surface area contributed by atoms with Crippen molar-refractivity contribution in [2.75, 3.05) is 5.32 Å². The Morgan fingerprint density at radius 3 is 3.12 bits per heavy atom. The zero-order valence-electron chi connectivity index (χ0n) is 9.49. The molecule has 1 amide bonds. The van der Waals surface area contributed by atoms with Crippen LogP contribution in [0.1, 0.15) is 23.8 Å². The molecule has 3 nitrogen and oxygen atoms in total. The number of nitrogens with one attached hydrogen (secondary N) is 1. The van der Waals surface area contributed by atoms with E-state index in [-0.39, 0.29) is 5.91 Å². The van der Waals surface area contributed by atoms with Gasteiger partial charge >= 0.3 is 0 Å². The van der Waals surface area contributed by atoms with Crippen LogP contribution in [0.4, 0.5) is 5.13 Å². The maximum Gasteiger partial charge on any atom is 0.225 e. The van der Waals surface area contributed by atoms with Crippen LogP contribution in [-0.4, -0.2) is 10.9 Å². The first-order valence-electron chi connectivity index (χ1n) is 5.65. The van der Waals surface area contributed by atoms with E-state index in [1.165, 1.54) is 16.0 Å². The Labute approximate surface area is 104 Å². The summed E-state index contributed by atoms with van der Waals surface area (Å²) >= 11 is 1.58. The number of anilines is 1. The van der Waals surface area contributed by atoms with Crippen LogP contribution in [0.25, 0.3) is 11.3 Å². The lowest BCUT2D eigenvalue weighted by molar-refractivity contribution is -0.115. The number of benzene rings is 1. The Bertz CT molecular complexity index is 589. The number of carbonyl (C=O) groups excluding carboxylic acids is 1. The molecule has 0 atom stereocenters. The zero-order chi connectivity index (χ0) is 11.8. The second-order valence-corrected chi connectivity index (χ2v) is 5.11. The van der Waals surface area contributed by atoms with Gasteiger partial charge in [-0.2, -0.15) is 0 Å². The summed E-state index contributed by atoms with van der Waals surface area (Å²) in [7, 11) is 0. The Morgan fingerprint density at radius 2 is 2.29 bits per heavy atom. The minimum Gasteiger partial charge on any atom is -0.302 e. The molecule has 4 heteroatoms. The van der Waals surface area contributed by atoms with E-state index in [0.717, 1.165) is 17.2 Å². The van der Waals surface area contributed by atoms with Crippen LogP contribution in [0.5, 0.6) is 0 Å². The molecule has 0 fully saturated rings. The molecular formula is C13H12N2OS. The number of thiazole rings is 1. The van der Waals surface area contributed by atoms with Crippen LogP contribution in [0.2, 0.25) is 0 Å². The number of carbonyl (C=O) groups is 1. The highest BCUT2D eigenvalue weighted by molar-refractivity contribution is 7.16. The van der Waals surface area contributed by atoms with Crippen molar-refractivity contribution in [1.29, 1.82) is 0 Å². The van der Waals surface area contributed by atoms with Gasteiger partial charge in [0, 0.05) is 23.3 Å². The Morgan fingerprint density at radius 1 is 1.47 bits per heavy atom. The van der Waals surface area contributed by atoms with Crippen molar-refractivity contribution >= 4 is 22.4 Å². The Balaban J connectivity index is 1.95. The van der Waals surface area contributed by atoms with Crippen LogP contribution in [-0.2, 0) is 11.2 Å². The maximum atomic E-state index is 11.3. The fourth-order valence-electron chi connectivity index (χ4n) is 2.02. The van der Waals surface area contributed by atoms with Gasteiger partial charge in [-0.1, -0.05) is 31.2 Å². The molecule has 1 aliphatic carbocycles. The van der Waals surface area contributed by atoms with Crippen molar-refractivity contribution in [3.63, 3.8) is 0 Å². The zero-order valence-corrected chi connectivity index (χ0v) is 10.3. The molecule has 1 heterocycles. The second kappa shape index (κ2) is 3.96. The number of rotatable bonds is 2. The van der Waals surface area contributed by atoms with Crippen molar-refractivity contribution in [3.8, 4) is 11.3 Å². The molecule has 0 unspecified atom stereocenters. The third-order valence-corrected chi connectivity index (χ3v) is 3.86. The van der Waals surface area contributed by atoms with E-state index in [9.17, 15) is 4.79 Å². The molecular weight excluding hydrogens is 232 g/mol. The molecule has 86 valence electrons. The number of hydrogen-bond acceptors (Lipinski definition) is 3. The molecule has 0 aliphatic heterocycles. The molecule has 0 saturated heterocycles. The largest absolute Gasteiger partial charge is 0.302 e. The quantitative estimate of drug-likeness (QED) is 0.752. The number of amides is 1. The fourth-order valence-corrected chi connectivity index (χ4v) is 3.04. The first-order valence-corrected chi connectivity index (χ1v) is 6.47. The lowest BCUT2D eigenvalue weighted by atomic mass is 10.1. The van der Waals surface area contributed by atoms with Crippen molar-refractivity contribution in [2.45, 2.75) is 19.8 Å². The van der Waals surface area contributed by atoms with E-state index in [1.54, 1.807) is 11.3 Å². The minimum atomic E-state index is 0.0192. The molecule has 1 aromatic heterocycles. The number of hydrogen-bond donors (Lipinski definition) is 1. The van der Waals surface area contributed by atoms with E-state index >= 15 is 0 Å². The van der Waals surface area contributed by atoms with Gasteiger partial charge in [-0.05, 0) is 5.56 Å². The highest BCUT2D eigenvalue weighted by Crippen LogP contribution is 2.40. The average molecular weight is 244 g/mol. The average Bonchev–Trinajstić information content (AvgIpc) is 2.85. The van der Waals surface area contributed by atoms with Crippen molar-refractivity contribution < 1.29 is 4.79 Å². The van der Waals surface area contributed by atoms with Gasteiger partial charge in [0.05, 0.1) is 5.69 Å². The number of nitrogens with zero attached hydrogens (tertiary/aromatic N) is 1. The van der Waals surface area contributed by atoms with Gasteiger partial charge in [0.1, 0.15) is 0 Å². The highest BCUT2D eigenvalue weighted by atomic mass is 32.1. The SMILES string of the molecule is CCC(=O)Nc1nc2c(s1)Cc1ccccc1-2. The molecule has 0 radical (unpaired) electrons. The fraction of sp³-hybridized carbons (Fsp3) is 0.231. The van der Waals surface area contributed by atoms with Crippen LogP contribution in [0, 0.1) is 0 Å². The van der Waals surface area contributed by atoms with Gasteiger partial charge in [-0.25, -0.2) is 4.98 Å². The lowest BCUT2D eigenvalue weighted by Crippen LogP contribution is -2.08. The maximum absolute atomic E-state index is 11.3. The molecule has 1 aliphatic rings. The van der Waals surface area contributed by atoms with Crippen LogP contribution >= 0.6 is 11.3 Å². The smallest absolute Gasteiger partial charge is 0.225 e. The summed E-state index contributed by atoms with van der Waals surface area (Å²) < 4.78 is 0. The summed E-state index contributed by atoms with van der Waals surface area (Å²) in [5, 5.41) is 3.54. The molecule has 0 bridgehead atoms. The van der Waals surface area contributed by atoms with Crippen molar-refractivity contribution in [1.82, 2.24) is 4.98 Å². The first-order chi connectivity index (χ1) is 8.28. The summed E-state index contributed by atoms with van der Waals surface area (Å²) in [6, 6.07) is 8.30. The van der Waals surface area contributed by atoms with E-state index in [1.807, 2.05) is 13.0 Å². The van der Waals surface area contributed by atoms with Gasteiger partial charge in [0.15, 0.2) is 5.13 Å². The second-order valence-electron chi connectivity index (χ2n) is 4.03. The predicted molar refractivity (Wildman–Crippen MR) is 69.3 cm³/mol. The van der Waals surface area contributed by atoms with Gasteiger partial charge in [-0.3, -0.25) is 4.79 Å².